The van der Waals surface area contributed by atoms with Crippen LogP contribution in [-0.2, 0) is 4.79 Å². The fourth-order valence-corrected chi connectivity index (χ4v) is 3.18. The molecule has 7 nitrogen and oxygen atoms in total. The van der Waals surface area contributed by atoms with Crippen molar-refractivity contribution in [3.05, 3.63) is 59.7 Å². The van der Waals surface area contributed by atoms with Gasteiger partial charge in [0.05, 0.1) is 12.8 Å². The molecule has 0 bridgehead atoms. The van der Waals surface area contributed by atoms with Crippen molar-refractivity contribution in [3.8, 4) is 5.75 Å². The molecule has 1 amide bonds. The summed E-state index contributed by atoms with van der Waals surface area (Å²) in [7, 11) is 3.99. The molecular weight excluding hydrogens is 378 g/mol. The van der Waals surface area contributed by atoms with Crippen LogP contribution in [0.5, 0.6) is 5.75 Å². The molecule has 3 rings (SSSR count). The van der Waals surface area contributed by atoms with Gasteiger partial charge in [-0.3, -0.25) is 4.79 Å². The minimum Gasteiger partial charge on any atom is -0.494 e. The van der Waals surface area contributed by atoms with Crippen molar-refractivity contribution in [1.29, 1.82) is 0 Å². The quantitative estimate of drug-likeness (QED) is 0.337. The van der Waals surface area contributed by atoms with E-state index in [0.717, 1.165) is 42.0 Å². The van der Waals surface area contributed by atoms with Crippen LogP contribution in [-0.4, -0.2) is 38.9 Å². The lowest BCUT2D eigenvalue weighted by molar-refractivity contribution is -0.122. The predicted octanol–water partition coefficient (Wildman–Crippen LogP) is 2.99. The average Bonchev–Trinajstić information content (AvgIpc) is 3.25. The smallest absolute Gasteiger partial charge is 0.258 e. The van der Waals surface area contributed by atoms with Crippen LogP contribution in [0.15, 0.2) is 53.6 Å². The summed E-state index contributed by atoms with van der Waals surface area (Å²) in [4.78, 5) is 14.4. The molecule has 1 heterocycles. The van der Waals surface area contributed by atoms with Gasteiger partial charge < -0.3 is 9.64 Å². The van der Waals surface area contributed by atoms with Gasteiger partial charge in [-0.2, -0.15) is 5.10 Å². The molecule has 2 atom stereocenters. The second-order valence-electron chi connectivity index (χ2n) is 7.62. The number of benzene rings is 2. The number of hydrazone groups is 1. The number of ether oxygens (including phenoxy) is 1. The maximum atomic E-state index is 12.4. The van der Waals surface area contributed by atoms with E-state index < -0.39 is 0 Å². The molecule has 1 saturated heterocycles. The van der Waals surface area contributed by atoms with Crippen molar-refractivity contribution < 1.29 is 9.53 Å². The minimum absolute atomic E-state index is 0.0630. The molecule has 30 heavy (non-hydrogen) atoms. The number of nitrogens with zero attached hydrogens (tertiary/aromatic N) is 2. The molecule has 0 spiro atoms. The van der Waals surface area contributed by atoms with Gasteiger partial charge in [0.25, 0.3) is 5.91 Å². The number of carbonyl (C=O) groups excluding carboxylic acids is 1. The van der Waals surface area contributed by atoms with Gasteiger partial charge in [0.2, 0.25) is 0 Å². The summed E-state index contributed by atoms with van der Waals surface area (Å²) in [5, 5.41) is 4.08. The fraction of sp³-hybridized carbons (Fsp3) is 0.391. The third-order valence-corrected chi connectivity index (χ3v) is 5.07. The van der Waals surface area contributed by atoms with E-state index >= 15 is 0 Å². The lowest BCUT2D eigenvalue weighted by atomic mass is 10.0. The topological polar surface area (TPSA) is 78.0 Å². The molecule has 1 fully saturated rings. The van der Waals surface area contributed by atoms with Crippen LogP contribution in [0, 0.1) is 0 Å². The molecule has 160 valence electrons. The van der Waals surface area contributed by atoms with E-state index in [1.165, 1.54) is 0 Å². The zero-order valence-electron chi connectivity index (χ0n) is 17.9. The Balaban J connectivity index is 1.47. The van der Waals surface area contributed by atoms with Crippen molar-refractivity contribution in [2.24, 2.45) is 5.10 Å². The Morgan fingerprint density at radius 2 is 1.90 bits per heavy atom. The van der Waals surface area contributed by atoms with Crippen molar-refractivity contribution in [2.75, 3.05) is 25.6 Å². The lowest BCUT2D eigenvalue weighted by Gasteiger charge is -2.11. The number of hydrogen-bond acceptors (Lipinski definition) is 6. The van der Waals surface area contributed by atoms with Gasteiger partial charge in [0.15, 0.2) is 0 Å². The maximum absolute atomic E-state index is 12.4. The molecule has 0 saturated carbocycles. The van der Waals surface area contributed by atoms with Gasteiger partial charge in [-0.05, 0) is 48.2 Å². The molecule has 7 heteroatoms. The first-order valence-corrected chi connectivity index (χ1v) is 10.4. The first kappa shape index (κ1) is 21.8. The Kier molecular flexibility index (Phi) is 7.82. The van der Waals surface area contributed by atoms with Crippen LogP contribution >= 0.6 is 0 Å². The summed E-state index contributed by atoms with van der Waals surface area (Å²) in [5.74, 6) is 0.714. The van der Waals surface area contributed by atoms with Gasteiger partial charge in [0, 0.05) is 25.8 Å². The van der Waals surface area contributed by atoms with Crippen LogP contribution in [0.1, 0.15) is 43.4 Å². The predicted molar refractivity (Wildman–Crippen MR) is 121 cm³/mol. The van der Waals surface area contributed by atoms with Crippen molar-refractivity contribution >= 4 is 17.8 Å². The number of amides is 1. The van der Waals surface area contributed by atoms with Crippen molar-refractivity contribution in [1.82, 2.24) is 16.3 Å². The molecule has 0 aliphatic carbocycles. The molecule has 0 radical (unpaired) electrons. The highest BCUT2D eigenvalue weighted by molar-refractivity contribution is 5.85. The molecule has 1 aliphatic rings. The number of nitrogens with one attached hydrogen (secondary N) is 3. The van der Waals surface area contributed by atoms with E-state index in [-0.39, 0.29) is 18.0 Å². The Hall–Kier alpha value is -2.90. The van der Waals surface area contributed by atoms with Crippen LogP contribution in [0.2, 0.25) is 0 Å². The van der Waals surface area contributed by atoms with Gasteiger partial charge in [-0.15, -0.1) is 0 Å². The third kappa shape index (κ3) is 6.05. The number of carbonyl (C=O) groups is 1. The van der Waals surface area contributed by atoms with E-state index in [4.69, 9.17) is 4.74 Å². The molecular formula is C23H31N5O2. The average molecular weight is 410 g/mol. The number of hydrazine groups is 1. The number of hydrogen-bond donors (Lipinski definition) is 3. The monoisotopic (exact) mass is 409 g/mol. The Morgan fingerprint density at radius 3 is 2.57 bits per heavy atom. The van der Waals surface area contributed by atoms with Crippen LogP contribution in [0.25, 0.3) is 0 Å². The number of rotatable bonds is 9. The fourth-order valence-electron chi connectivity index (χ4n) is 3.18. The highest BCUT2D eigenvalue weighted by Crippen LogP contribution is 2.24. The maximum Gasteiger partial charge on any atom is 0.258 e. The zero-order valence-corrected chi connectivity index (χ0v) is 17.9. The summed E-state index contributed by atoms with van der Waals surface area (Å²) in [5.41, 5.74) is 12.0. The standard InChI is InChI=1S/C23H31N5O2/c1-4-5-14-30-20-12-8-18(9-13-20)21-15-22(26-25-21)23(29)27-24-16-17-6-10-19(11-7-17)28(2)3/h6-13,16,21-22,25-26H,4-5,14-15H2,1-3H3,(H,27,29)/b24-16+. The van der Waals surface area contributed by atoms with Gasteiger partial charge >= 0.3 is 0 Å². The second-order valence-corrected chi connectivity index (χ2v) is 7.62. The Labute approximate surface area is 178 Å². The highest BCUT2D eigenvalue weighted by atomic mass is 16.5. The van der Waals surface area contributed by atoms with Crippen molar-refractivity contribution in [3.63, 3.8) is 0 Å². The summed E-state index contributed by atoms with van der Waals surface area (Å²) < 4.78 is 5.70. The SMILES string of the molecule is CCCCOc1ccc(C2CC(C(=O)N/N=C/c3ccc(N(C)C)cc3)NN2)cc1. The van der Waals surface area contributed by atoms with E-state index in [0.29, 0.717) is 6.42 Å². The third-order valence-electron chi connectivity index (χ3n) is 5.07. The van der Waals surface area contributed by atoms with E-state index in [9.17, 15) is 4.79 Å². The summed E-state index contributed by atoms with van der Waals surface area (Å²) in [6.45, 7) is 2.88. The van der Waals surface area contributed by atoms with Crippen LogP contribution < -0.4 is 25.9 Å². The Bertz CT molecular complexity index is 834. The van der Waals surface area contributed by atoms with E-state index in [2.05, 4.69) is 28.3 Å². The minimum atomic E-state index is -0.344. The van der Waals surface area contributed by atoms with E-state index in [1.807, 2.05) is 67.5 Å². The largest absolute Gasteiger partial charge is 0.494 e. The second kappa shape index (κ2) is 10.8. The first-order chi connectivity index (χ1) is 14.6. The highest BCUT2D eigenvalue weighted by Gasteiger charge is 2.30. The molecule has 2 unspecified atom stereocenters. The molecule has 2 aromatic carbocycles. The molecule has 3 N–H and O–H groups in total. The van der Waals surface area contributed by atoms with Gasteiger partial charge in [-0.25, -0.2) is 16.3 Å². The van der Waals surface area contributed by atoms with Crippen LogP contribution in [0.4, 0.5) is 5.69 Å². The molecule has 1 aliphatic heterocycles. The zero-order chi connectivity index (χ0) is 21.3. The summed E-state index contributed by atoms with van der Waals surface area (Å²) in [6, 6.07) is 15.7. The van der Waals surface area contributed by atoms with Crippen molar-refractivity contribution in [2.45, 2.75) is 38.3 Å². The van der Waals surface area contributed by atoms with Crippen LogP contribution in [0.3, 0.4) is 0 Å². The summed E-state index contributed by atoms with van der Waals surface area (Å²) >= 11 is 0. The molecule has 2 aromatic rings. The number of anilines is 1. The first-order valence-electron chi connectivity index (χ1n) is 10.4. The number of unbranched alkanes of at least 4 members (excludes halogenated alkanes) is 1. The van der Waals surface area contributed by atoms with Gasteiger partial charge in [0.1, 0.15) is 11.8 Å². The molecule has 0 aromatic heterocycles. The summed E-state index contributed by atoms with van der Waals surface area (Å²) in [6.07, 6.45) is 4.46. The van der Waals surface area contributed by atoms with Gasteiger partial charge in [-0.1, -0.05) is 37.6 Å². The lowest BCUT2D eigenvalue weighted by Crippen LogP contribution is -2.41. The van der Waals surface area contributed by atoms with E-state index in [1.54, 1.807) is 6.21 Å². The normalized spacial score (nSPS) is 18.5. The Morgan fingerprint density at radius 1 is 1.17 bits per heavy atom.